The number of azide groups is 1. The van der Waals surface area contributed by atoms with Gasteiger partial charge in [-0.25, -0.2) is 4.79 Å². The summed E-state index contributed by atoms with van der Waals surface area (Å²) >= 11 is 0. The van der Waals surface area contributed by atoms with Crippen molar-refractivity contribution in [3.05, 3.63) is 69.1 Å². The van der Waals surface area contributed by atoms with Crippen LogP contribution in [0.25, 0.3) is 10.4 Å². The number of fused-ring (bicyclic) bond motifs is 1. The fourth-order valence-corrected chi connectivity index (χ4v) is 4.24. The SMILES string of the molecule is CC(C)(C)C(=O)O[C@@H]1[C@@H]2O[C@H](CO)[C@H](O)[C@@H](N=[N+]=[N-])[C@H]2O[C@H]1n1ccc(NC(=O)c2ccccc2)nc1=O. The lowest BCUT2D eigenvalue weighted by Crippen LogP contribution is -2.58. The van der Waals surface area contributed by atoms with Gasteiger partial charge in [-0.05, 0) is 44.5 Å². The van der Waals surface area contributed by atoms with Gasteiger partial charge >= 0.3 is 11.7 Å². The molecule has 1 amide bonds. The molecule has 2 fully saturated rings. The number of anilines is 1. The summed E-state index contributed by atoms with van der Waals surface area (Å²) in [5, 5.41) is 26.4. The van der Waals surface area contributed by atoms with E-state index in [0.717, 1.165) is 4.57 Å². The number of aliphatic hydroxyl groups excluding tert-OH is 2. The van der Waals surface area contributed by atoms with Crippen molar-refractivity contribution in [3.63, 3.8) is 0 Å². The highest BCUT2D eigenvalue weighted by atomic mass is 16.6. The monoisotopic (exact) mass is 528 g/mol. The zero-order valence-corrected chi connectivity index (χ0v) is 20.9. The van der Waals surface area contributed by atoms with Crippen molar-refractivity contribution in [2.45, 2.75) is 63.6 Å². The van der Waals surface area contributed by atoms with Crippen LogP contribution in [0, 0.1) is 5.41 Å². The van der Waals surface area contributed by atoms with Crippen LogP contribution in [-0.2, 0) is 19.0 Å². The number of nitrogens with zero attached hydrogens (tertiary/aromatic N) is 5. The Kier molecular flexibility index (Phi) is 7.81. The second kappa shape index (κ2) is 10.9. The van der Waals surface area contributed by atoms with Gasteiger partial charge in [0.2, 0.25) is 0 Å². The van der Waals surface area contributed by atoms with Crippen LogP contribution in [-0.4, -0.2) is 74.8 Å². The van der Waals surface area contributed by atoms with Crippen LogP contribution >= 0.6 is 0 Å². The number of aliphatic hydroxyl groups is 2. The molecule has 2 saturated heterocycles. The first-order valence-electron chi connectivity index (χ1n) is 11.9. The van der Waals surface area contributed by atoms with Crippen molar-refractivity contribution < 1.29 is 34.0 Å². The van der Waals surface area contributed by atoms with E-state index in [2.05, 4.69) is 20.3 Å². The Morgan fingerprint density at radius 2 is 1.92 bits per heavy atom. The van der Waals surface area contributed by atoms with Crippen LogP contribution in [0.4, 0.5) is 5.82 Å². The number of ether oxygens (including phenoxy) is 3. The lowest BCUT2D eigenvalue weighted by Gasteiger charge is -2.39. The Hall–Kier alpha value is -3.81. The van der Waals surface area contributed by atoms with Crippen LogP contribution in [0.3, 0.4) is 0 Å². The van der Waals surface area contributed by atoms with Gasteiger partial charge in [0, 0.05) is 16.7 Å². The third-order valence-corrected chi connectivity index (χ3v) is 6.23. The molecule has 0 radical (unpaired) electrons. The number of aromatic nitrogens is 2. The summed E-state index contributed by atoms with van der Waals surface area (Å²) in [5.74, 6) is -1.11. The third kappa shape index (κ3) is 5.39. The van der Waals surface area contributed by atoms with E-state index in [-0.39, 0.29) is 5.82 Å². The summed E-state index contributed by atoms with van der Waals surface area (Å²) in [4.78, 5) is 45.0. The summed E-state index contributed by atoms with van der Waals surface area (Å²) in [7, 11) is 0. The Morgan fingerprint density at radius 3 is 2.53 bits per heavy atom. The van der Waals surface area contributed by atoms with E-state index in [1.54, 1.807) is 51.1 Å². The van der Waals surface area contributed by atoms with Gasteiger partial charge in [0.25, 0.3) is 5.91 Å². The second-order valence-corrected chi connectivity index (χ2v) is 9.94. The van der Waals surface area contributed by atoms with E-state index in [0.29, 0.717) is 5.56 Å². The fourth-order valence-electron chi connectivity index (χ4n) is 4.24. The van der Waals surface area contributed by atoms with Crippen LogP contribution in [0.1, 0.15) is 37.4 Å². The van der Waals surface area contributed by atoms with Crippen LogP contribution in [0.5, 0.6) is 0 Å². The summed E-state index contributed by atoms with van der Waals surface area (Å²) in [6.45, 7) is 4.31. The number of carbonyl (C=O) groups is 2. The molecule has 0 bridgehead atoms. The molecular weight excluding hydrogens is 500 g/mol. The molecule has 202 valence electrons. The molecule has 0 unspecified atom stereocenters. The van der Waals surface area contributed by atoms with Gasteiger partial charge in [0.15, 0.2) is 12.3 Å². The number of carbonyl (C=O) groups excluding carboxylic acids is 2. The first-order valence-corrected chi connectivity index (χ1v) is 11.9. The topological polar surface area (TPSA) is 198 Å². The molecule has 2 aliphatic rings. The largest absolute Gasteiger partial charge is 0.454 e. The van der Waals surface area contributed by atoms with E-state index in [4.69, 9.17) is 19.7 Å². The average molecular weight is 529 g/mol. The molecular formula is C24H28N6O8. The summed E-state index contributed by atoms with van der Waals surface area (Å²) in [6.07, 6.45) is -5.98. The van der Waals surface area contributed by atoms with Crippen molar-refractivity contribution in [3.8, 4) is 0 Å². The van der Waals surface area contributed by atoms with E-state index < -0.39 is 72.4 Å². The molecule has 0 aliphatic carbocycles. The first kappa shape index (κ1) is 27.2. The van der Waals surface area contributed by atoms with E-state index in [1.165, 1.54) is 12.3 Å². The minimum Gasteiger partial charge on any atom is -0.454 e. The van der Waals surface area contributed by atoms with Gasteiger partial charge in [0.05, 0.1) is 24.2 Å². The molecule has 2 aromatic rings. The van der Waals surface area contributed by atoms with Crippen molar-refractivity contribution in [2.24, 2.45) is 10.5 Å². The lowest BCUT2D eigenvalue weighted by molar-refractivity contribution is -0.194. The molecule has 0 spiro atoms. The molecule has 3 heterocycles. The standard InChI is InChI=1S/C24H28N6O8/c1-24(2,3)22(34)38-19-18-17(15(28-29-25)16(32)13(11-31)36-18)37-21(19)30-10-9-14(27-23(30)35)26-20(33)12-7-5-4-6-8-12/h4-10,13,15-19,21,31-32H,11H2,1-3H3,(H,26,27,33,35)/t13-,15-,16+,17-,18-,19-,21-/m1/s1. The number of hydrogen-bond acceptors (Lipinski definition) is 10. The van der Waals surface area contributed by atoms with Crippen molar-refractivity contribution in [1.82, 2.24) is 9.55 Å². The van der Waals surface area contributed by atoms with Gasteiger partial charge < -0.3 is 29.7 Å². The molecule has 38 heavy (non-hydrogen) atoms. The number of rotatable bonds is 6. The minimum atomic E-state index is -1.42. The third-order valence-electron chi connectivity index (χ3n) is 6.23. The van der Waals surface area contributed by atoms with E-state index in [1.807, 2.05) is 0 Å². The lowest BCUT2D eigenvalue weighted by atomic mass is 9.91. The summed E-state index contributed by atoms with van der Waals surface area (Å²) in [6, 6.07) is 8.52. The molecule has 14 heteroatoms. The quantitative estimate of drug-likeness (QED) is 0.213. The maximum Gasteiger partial charge on any atom is 0.351 e. The first-order chi connectivity index (χ1) is 18.0. The maximum absolute atomic E-state index is 13.0. The van der Waals surface area contributed by atoms with Crippen LogP contribution < -0.4 is 11.0 Å². The maximum atomic E-state index is 13.0. The molecule has 14 nitrogen and oxygen atoms in total. The zero-order chi connectivity index (χ0) is 27.6. The second-order valence-electron chi connectivity index (χ2n) is 9.94. The number of benzene rings is 1. The summed E-state index contributed by atoms with van der Waals surface area (Å²) in [5.41, 5.74) is 7.66. The molecule has 3 N–H and O–H groups in total. The Morgan fingerprint density at radius 1 is 1.21 bits per heavy atom. The van der Waals surface area contributed by atoms with Gasteiger partial charge in [-0.3, -0.25) is 14.2 Å². The number of hydrogen-bond donors (Lipinski definition) is 3. The normalized spacial score (nSPS) is 28.6. The molecule has 7 atom stereocenters. The highest BCUT2D eigenvalue weighted by molar-refractivity contribution is 6.03. The molecule has 1 aromatic heterocycles. The van der Waals surface area contributed by atoms with Gasteiger partial charge in [-0.2, -0.15) is 4.98 Å². The van der Waals surface area contributed by atoms with Crippen LogP contribution in [0.15, 0.2) is 52.5 Å². The van der Waals surface area contributed by atoms with Gasteiger partial charge in [-0.15, -0.1) is 0 Å². The fraction of sp³-hybridized carbons (Fsp3) is 0.500. The van der Waals surface area contributed by atoms with Crippen molar-refractivity contribution in [1.29, 1.82) is 0 Å². The van der Waals surface area contributed by atoms with Crippen molar-refractivity contribution in [2.75, 3.05) is 11.9 Å². The summed E-state index contributed by atoms with van der Waals surface area (Å²) < 4.78 is 18.6. The number of amides is 1. The average Bonchev–Trinajstić information content (AvgIpc) is 3.23. The predicted molar refractivity (Wildman–Crippen MR) is 131 cm³/mol. The van der Waals surface area contributed by atoms with E-state index >= 15 is 0 Å². The van der Waals surface area contributed by atoms with Gasteiger partial charge in [0.1, 0.15) is 24.1 Å². The molecule has 1 aromatic carbocycles. The Balaban J connectivity index is 1.67. The minimum absolute atomic E-state index is 0.0160. The molecule has 4 rings (SSSR count). The molecule has 2 aliphatic heterocycles. The number of esters is 1. The predicted octanol–water partition coefficient (Wildman–Crippen LogP) is 1.15. The zero-order valence-electron chi connectivity index (χ0n) is 20.9. The number of nitrogens with one attached hydrogen (secondary N) is 1. The smallest absolute Gasteiger partial charge is 0.351 e. The Labute approximate surface area is 216 Å². The van der Waals surface area contributed by atoms with Crippen molar-refractivity contribution >= 4 is 17.7 Å². The van der Waals surface area contributed by atoms with E-state index in [9.17, 15) is 24.6 Å². The van der Waals surface area contributed by atoms with Crippen LogP contribution in [0.2, 0.25) is 0 Å². The highest BCUT2D eigenvalue weighted by Gasteiger charge is 2.58. The highest BCUT2D eigenvalue weighted by Crippen LogP contribution is 2.41. The molecule has 0 saturated carbocycles. The van der Waals surface area contributed by atoms with Gasteiger partial charge in [-0.1, -0.05) is 23.3 Å². The Bertz CT molecular complexity index is 1290.